The van der Waals surface area contributed by atoms with Crippen LogP contribution in [0.3, 0.4) is 0 Å². The fourth-order valence-electron chi connectivity index (χ4n) is 2.61. The van der Waals surface area contributed by atoms with Crippen molar-refractivity contribution in [2.24, 2.45) is 0 Å². The van der Waals surface area contributed by atoms with Crippen LogP contribution in [0.5, 0.6) is 0 Å². The predicted molar refractivity (Wildman–Crippen MR) is 81.0 cm³/mol. The molecule has 0 saturated heterocycles. The van der Waals surface area contributed by atoms with Gasteiger partial charge in [-0.25, -0.2) is 0 Å². The second kappa shape index (κ2) is 9.15. The molecule has 0 aliphatic heterocycles. The fraction of sp³-hybridized carbons (Fsp3) is 1.00. The minimum atomic E-state index is -1.98. The van der Waals surface area contributed by atoms with Crippen molar-refractivity contribution >= 4 is 8.32 Å². The summed E-state index contributed by atoms with van der Waals surface area (Å²) >= 11 is 0. The van der Waals surface area contributed by atoms with Crippen LogP contribution < -0.4 is 0 Å². The summed E-state index contributed by atoms with van der Waals surface area (Å²) in [6.45, 7) is 11.1. The highest BCUT2D eigenvalue weighted by Crippen LogP contribution is 2.34. The molecule has 0 radical (unpaired) electrons. The maximum absolute atomic E-state index is 10.7. The van der Waals surface area contributed by atoms with Crippen LogP contribution in [0.2, 0.25) is 17.1 Å². The summed E-state index contributed by atoms with van der Waals surface area (Å²) in [7, 11) is -1.98. The summed E-state index contributed by atoms with van der Waals surface area (Å²) in [5, 5.41) is 0. The molecule has 104 valence electrons. The van der Waals surface area contributed by atoms with Gasteiger partial charge >= 0.3 is 0 Å². The first-order valence-electron chi connectivity index (χ1n) is 7.67. The van der Waals surface area contributed by atoms with Gasteiger partial charge in [0.2, 0.25) is 0 Å². The van der Waals surface area contributed by atoms with Crippen molar-refractivity contribution in [1.29, 1.82) is 0 Å². The molecule has 2 heteroatoms. The quantitative estimate of drug-likeness (QED) is 0.405. The number of hydrogen-bond acceptors (Lipinski definition) is 1. The molecule has 0 saturated carbocycles. The summed E-state index contributed by atoms with van der Waals surface area (Å²) in [5.41, 5.74) is 1.00. The van der Waals surface area contributed by atoms with Crippen molar-refractivity contribution < 1.29 is 4.80 Å². The van der Waals surface area contributed by atoms with Crippen molar-refractivity contribution in [3.8, 4) is 0 Å². The zero-order valence-electron chi connectivity index (χ0n) is 12.8. The first-order valence-corrected chi connectivity index (χ1v) is 9.98. The summed E-state index contributed by atoms with van der Waals surface area (Å²) in [5.74, 6) is 0. The molecule has 0 aromatic heterocycles. The van der Waals surface area contributed by atoms with E-state index < -0.39 is 8.32 Å². The van der Waals surface area contributed by atoms with Crippen molar-refractivity contribution in [3.05, 3.63) is 0 Å². The van der Waals surface area contributed by atoms with E-state index in [0.29, 0.717) is 11.1 Å². The van der Waals surface area contributed by atoms with Gasteiger partial charge in [-0.3, -0.25) is 0 Å². The van der Waals surface area contributed by atoms with E-state index in [2.05, 4.69) is 34.6 Å². The third-order valence-electron chi connectivity index (χ3n) is 4.18. The average molecular weight is 259 g/mol. The lowest BCUT2D eigenvalue weighted by Crippen LogP contribution is -2.41. The first-order chi connectivity index (χ1) is 7.95. The van der Waals surface area contributed by atoms with Gasteiger partial charge in [-0.15, -0.1) is 0 Å². The van der Waals surface area contributed by atoms with Crippen LogP contribution in [0, 0.1) is 0 Å². The summed E-state index contributed by atoms with van der Waals surface area (Å²) in [4.78, 5) is 10.7. The predicted octanol–water partition coefficient (Wildman–Crippen LogP) is 5.49. The number of rotatable bonds is 10. The Balaban J connectivity index is 3.70. The fourth-order valence-corrected chi connectivity index (χ4v) is 5.91. The normalized spacial score (nSPS) is 12.7. The SMILES string of the molecule is CCCCCCCCC[Si](O)(C(C)C)C(C)C. The molecule has 0 amide bonds. The molecule has 0 unspecified atom stereocenters. The van der Waals surface area contributed by atoms with Gasteiger partial charge in [-0.1, -0.05) is 79.6 Å². The Hall–Kier alpha value is 0.177. The maximum Gasteiger partial charge on any atom is 0.193 e. The molecule has 0 fully saturated rings. The van der Waals surface area contributed by atoms with E-state index in [1.165, 1.54) is 44.9 Å². The minimum absolute atomic E-state index is 0.502. The third-order valence-corrected chi connectivity index (χ3v) is 9.33. The lowest BCUT2D eigenvalue weighted by atomic mass is 10.1. The van der Waals surface area contributed by atoms with Gasteiger partial charge in [0.1, 0.15) is 0 Å². The molecule has 0 spiro atoms. The smallest absolute Gasteiger partial charge is 0.193 e. The van der Waals surface area contributed by atoms with E-state index >= 15 is 0 Å². The van der Waals surface area contributed by atoms with E-state index in [1.807, 2.05) is 0 Å². The minimum Gasteiger partial charge on any atom is -0.431 e. The third kappa shape index (κ3) is 6.61. The van der Waals surface area contributed by atoms with Crippen LogP contribution in [0.25, 0.3) is 0 Å². The van der Waals surface area contributed by atoms with Crippen molar-refractivity contribution in [2.45, 2.75) is 96.7 Å². The maximum atomic E-state index is 10.7. The van der Waals surface area contributed by atoms with Gasteiger partial charge in [0.25, 0.3) is 0 Å². The molecule has 1 N–H and O–H groups in total. The van der Waals surface area contributed by atoms with E-state index in [4.69, 9.17) is 0 Å². The zero-order valence-corrected chi connectivity index (χ0v) is 13.8. The van der Waals surface area contributed by atoms with Crippen molar-refractivity contribution in [1.82, 2.24) is 0 Å². The highest BCUT2D eigenvalue weighted by Gasteiger charge is 2.37. The Morgan fingerprint density at radius 1 is 0.765 bits per heavy atom. The first kappa shape index (κ1) is 17.2. The average Bonchev–Trinajstić information content (AvgIpc) is 2.27. The van der Waals surface area contributed by atoms with Gasteiger partial charge in [0, 0.05) is 0 Å². The van der Waals surface area contributed by atoms with E-state index in [9.17, 15) is 4.80 Å². The van der Waals surface area contributed by atoms with Crippen molar-refractivity contribution in [3.63, 3.8) is 0 Å². The number of hydrogen-bond donors (Lipinski definition) is 1. The molecule has 0 aromatic carbocycles. The molecule has 0 atom stereocenters. The van der Waals surface area contributed by atoms with Crippen LogP contribution in [0.15, 0.2) is 0 Å². The largest absolute Gasteiger partial charge is 0.431 e. The standard InChI is InChI=1S/C15H34OSi/c1-6-7-8-9-10-11-12-13-17(16,14(2)3)15(4)5/h14-16H,6-13H2,1-5H3. The molecule has 0 aromatic rings. The molecule has 0 rings (SSSR count). The van der Waals surface area contributed by atoms with Crippen LogP contribution in [0.4, 0.5) is 0 Å². The molecular formula is C15H34OSi. The molecule has 0 bridgehead atoms. The van der Waals surface area contributed by atoms with E-state index in [0.717, 1.165) is 6.04 Å². The van der Waals surface area contributed by atoms with Crippen LogP contribution in [-0.4, -0.2) is 13.1 Å². The zero-order chi connectivity index (χ0) is 13.3. The Kier molecular flexibility index (Phi) is 9.25. The highest BCUT2D eigenvalue weighted by atomic mass is 28.4. The van der Waals surface area contributed by atoms with Crippen LogP contribution >= 0.6 is 0 Å². The second-order valence-electron chi connectivity index (χ2n) is 6.17. The molecule has 17 heavy (non-hydrogen) atoms. The lowest BCUT2D eigenvalue weighted by molar-refractivity contribution is 0.481. The molecular weight excluding hydrogens is 224 g/mol. The van der Waals surface area contributed by atoms with Gasteiger partial charge in [0.15, 0.2) is 8.32 Å². The number of unbranched alkanes of at least 4 members (excludes halogenated alkanes) is 6. The van der Waals surface area contributed by atoms with Gasteiger partial charge in [-0.2, -0.15) is 0 Å². The Labute approximate surface area is 110 Å². The molecule has 0 heterocycles. The summed E-state index contributed by atoms with van der Waals surface area (Å²) in [6, 6.07) is 1.11. The van der Waals surface area contributed by atoms with Crippen molar-refractivity contribution in [2.75, 3.05) is 0 Å². The van der Waals surface area contributed by atoms with Gasteiger partial charge in [0.05, 0.1) is 0 Å². The Morgan fingerprint density at radius 2 is 1.18 bits per heavy atom. The van der Waals surface area contributed by atoms with Gasteiger partial charge < -0.3 is 4.80 Å². The molecule has 0 aliphatic carbocycles. The Morgan fingerprint density at radius 3 is 1.59 bits per heavy atom. The topological polar surface area (TPSA) is 20.2 Å². The van der Waals surface area contributed by atoms with E-state index in [1.54, 1.807) is 0 Å². The van der Waals surface area contributed by atoms with Crippen LogP contribution in [-0.2, 0) is 0 Å². The molecule has 1 nitrogen and oxygen atoms in total. The lowest BCUT2D eigenvalue weighted by Gasteiger charge is -2.33. The second-order valence-corrected chi connectivity index (χ2v) is 11.0. The Bertz CT molecular complexity index is 170. The van der Waals surface area contributed by atoms with Crippen LogP contribution in [0.1, 0.15) is 79.6 Å². The summed E-state index contributed by atoms with van der Waals surface area (Å²) < 4.78 is 0. The van der Waals surface area contributed by atoms with E-state index in [-0.39, 0.29) is 0 Å². The highest BCUT2D eigenvalue weighted by molar-refractivity contribution is 6.75. The van der Waals surface area contributed by atoms with Gasteiger partial charge in [-0.05, 0) is 17.1 Å². The summed E-state index contributed by atoms with van der Waals surface area (Å²) in [6.07, 6.45) is 9.41. The molecule has 0 aliphatic rings. The monoisotopic (exact) mass is 258 g/mol.